The van der Waals surface area contributed by atoms with E-state index in [1.807, 2.05) is 12.1 Å². The van der Waals surface area contributed by atoms with Crippen LogP contribution in [0.1, 0.15) is 42.5 Å². The minimum absolute atomic E-state index is 0.0898. The second-order valence-electron chi connectivity index (χ2n) is 6.25. The average Bonchev–Trinajstić information content (AvgIpc) is 2.99. The summed E-state index contributed by atoms with van der Waals surface area (Å²) >= 11 is 0. The van der Waals surface area contributed by atoms with Crippen LogP contribution in [0.4, 0.5) is 5.82 Å². The molecule has 1 N–H and O–H groups in total. The molecular formula is C17H25N3O2. The van der Waals surface area contributed by atoms with Gasteiger partial charge in [0, 0.05) is 32.4 Å². The van der Waals surface area contributed by atoms with Crippen LogP contribution in [0, 0.1) is 5.92 Å². The number of nitrogens with one attached hydrogen (secondary N) is 1. The molecule has 2 unspecified atom stereocenters. The Balaban J connectivity index is 1.63. The predicted molar refractivity (Wildman–Crippen MR) is 86.2 cm³/mol. The van der Waals surface area contributed by atoms with Gasteiger partial charge in [-0.25, -0.2) is 4.98 Å². The minimum atomic E-state index is -0.0898. The predicted octanol–water partition coefficient (Wildman–Crippen LogP) is 2.23. The molecule has 0 bridgehead atoms. The smallest absolute Gasteiger partial charge is 0.252 e. The van der Waals surface area contributed by atoms with E-state index >= 15 is 0 Å². The number of amides is 1. The quantitative estimate of drug-likeness (QED) is 0.848. The first-order valence-corrected chi connectivity index (χ1v) is 8.29. The zero-order valence-corrected chi connectivity index (χ0v) is 13.3. The van der Waals surface area contributed by atoms with Crippen molar-refractivity contribution in [1.82, 2.24) is 10.3 Å². The van der Waals surface area contributed by atoms with Crippen LogP contribution in [0.5, 0.6) is 0 Å². The molecule has 2 aliphatic rings. The summed E-state index contributed by atoms with van der Waals surface area (Å²) in [5.74, 6) is 1.77. The molecule has 22 heavy (non-hydrogen) atoms. The van der Waals surface area contributed by atoms with Crippen LogP contribution >= 0.6 is 0 Å². The molecule has 1 amide bonds. The van der Waals surface area contributed by atoms with Gasteiger partial charge in [-0.3, -0.25) is 4.79 Å². The summed E-state index contributed by atoms with van der Waals surface area (Å²) in [6, 6.07) is 4.52. The minimum Gasteiger partial charge on any atom is -0.383 e. The van der Waals surface area contributed by atoms with Crippen LogP contribution in [-0.2, 0) is 4.74 Å². The van der Waals surface area contributed by atoms with Gasteiger partial charge < -0.3 is 15.0 Å². The third-order valence-electron chi connectivity index (χ3n) is 4.91. The Morgan fingerprint density at radius 1 is 1.36 bits per heavy atom. The van der Waals surface area contributed by atoms with Crippen LogP contribution in [0.3, 0.4) is 0 Å². The van der Waals surface area contributed by atoms with Gasteiger partial charge in [-0.2, -0.15) is 0 Å². The van der Waals surface area contributed by atoms with Crippen LogP contribution in [0.2, 0.25) is 0 Å². The normalized spacial score (nSPS) is 24.1. The van der Waals surface area contributed by atoms with Crippen LogP contribution < -0.4 is 10.2 Å². The Bertz CT molecular complexity index is 503. The van der Waals surface area contributed by atoms with Crippen molar-refractivity contribution in [2.75, 3.05) is 31.7 Å². The van der Waals surface area contributed by atoms with Crippen molar-refractivity contribution in [1.29, 1.82) is 0 Å². The number of rotatable bonds is 5. The highest BCUT2D eigenvalue weighted by Gasteiger charge is 2.36. The highest BCUT2D eigenvalue weighted by atomic mass is 16.5. The Labute approximate surface area is 132 Å². The fourth-order valence-corrected chi connectivity index (χ4v) is 3.75. The Hall–Kier alpha value is -1.62. The number of anilines is 1. The summed E-state index contributed by atoms with van der Waals surface area (Å²) in [4.78, 5) is 18.9. The van der Waals surface area contributed by atoms with Crippen molar-refractivity contribution in [3.8, 4) is 0 Å². The molecule has 0 radical (unpaired) electrons. The number of hydrogen-bond donors (Lipinski definition) is 1. The summed E-state index contributed by atoms with van der Waals surface area (Å²) in [5, 5.41) is 2.82. The second kappa shape index (κ2) is 7.09. The van der Waals surface area contributed by atoms with E-state index in [1.54, 1.807) is 13.3 Å². The van der Waals surface area contributed by atoms with E-state index in [0.717, 1.165) is 18.3 Å². The molecule has 2 heterocycles. The molecular weight excluding hydrogens is 278 g/mol. The molecule has 3 rings (SSSR count). The van der Waals surface area contributed by atoms with Gasteiger partial charge in [0.2, 0.25) is 0 Å². The molecule has 0 aromatic carbocycles. The Morgan fingerprint density at radius 2 is 2.23 bits per heavy atom. The summed E-state index contributed by atoms with van der Waals surface area (Å²) in [6.45, 7) is 2.14. The number of fused-ring (bicyclic) bond motifs is 1. The maximum Gasteiger partial charge on any atom is 0.252 e. The van der Waals surface area contributed by atoms with Gasteiger partial charge in [0.25, 0.3) is 5.91 Å². The number of hydrogen-bond acceptors (Lipinski definition) is 4. The average molecular weight is 303 g/mol. The molecule has 1 aliphatic carbocycles. The van der Waals surface area contributed by atoms with E-state index in [1.165, 1.54) is 32.1 Å². The molecule has 0 spiro atoms. The van der Waals surface area contributed by atoms with E-state index in [9.17, 15) is 4.79 Å². The first-order chi connectivity index (χ1) is 10.8. The molecule has 1 saturated carbocycles. The highest BCUT2D eigenvalue weighted by Crippen LogP contribution is 2.38. The fourth-order valence-electron chi connectivity index (χ4n) is 3.75. The SMILES string of the molecule is COCCNC(=O)c1ccc(N2CCC3CCCCC32)nc1. The van der Waals surface area contributed by atoms with E-state index in [4.69, 9.17) is 4.74 Å². The van der Waals surface area contributed by atoms with Crippen LogP contribution in [-0.4, -0.2) is 43.7 Å². The molecule has 1 aliphatic heterocycles. The van der Waals surface area contributed by atoms with Gasteiger partial charge in [-0.05, 0) is 37.3 Å². The lowest BCUT2D eigenvalue weighted by molar-refractivity contribution is 0.0937. The van der Waals surface area contributed by atoms with Crippen molar-refractivity contribution in [2.24, 2.45) is 5.92 Å². The second-order valence-corrected chi connectivity index (χ2v) is 6.25. The van der Waals surface area contributed by atoms with Gasteiger partial charge in [0.05, 0.1) is 12.2 Å². The monoisotopic (exact) mass is 303 g/mol. The lowest BCUT2D eigenvalue weighted by Crippen LogP contribution is -2.35. The number of pyridine rings is 1. The van der Waals surface area contributed by atoms with E-state index in [2.05, 4.69) is 15.2 Å². The highest BCUT2D eigenvalue weighted by molar-refractivity contribution is 5.94. The molecule has 1 saturated heterocycles. The summed E-state index contributed by atoms with van der Waals surface area (Å²) in [7, 11) is 1.62. The Morgan fingerprint density at radius 3 is 3.00 bits per heavy atom. The van der Waals surface area contributed by atoms with Gasteiger partial charge in [0.1, 0.15) is 5.82 Å². The third kappa shape index (κ3) is 3.24. The maximum absolute atomic E-state index is 12.0. The zero-order chi connectivity index (χ0) is 15.4. The molecule has 5 heteroatoms. The summed E-state index contributed by atoms with van der Waals surface area (Å²) in [5.41, 5.74) is 0.610. The van der Waals surface area contributed by atoms with Crippen molar-refractivity contribution in [3.63, 3.8) is 0 Å². The topological polar surface area (TPSA) is 54.5 Å². The molecule has 2 fully saturated rings. The molecule has 1 aromatic heterocycles. The number of carbonyl (C=O) groups is 1. The number of carbonyl (C=O) groups excluding carboxylic acids is 1. The van der Waals surface area contributed by atoms with Crippen molar-refractivity contribution < 1.29 is 9.53 Å². The van der Waals surface area contributed by atoms with Crippen molar-refractivity contribution in [2.45, 2.75) is 38.1 Å². The van der Waals surface area contributed by atoms with Gasteiger partial charge in [-0.15, -0.1) is 0 Å². The zero-order valence-electron chi connectivity index (χ0n) is 13.3. The Kier molecular flexibility index (Phi) is 4.93. The molecule has 120 valence electrons. The van der Waals surface area contributed by atoms with E-state index in [-0.39, 0.29) is 5.91 Å². The van der Waals surface area contributed by atoms with E-state index < -0.39 is 0 Å². The number of ether oxygens (including phenoxy) is 1. The number of aromatic nitrogens is 1. The molecule has 2 atom stereocenters. The van der Waals surface area contributed by atoms with Gasteiger partial charge in [-0.1, -0.05) is 12.8 Å². The van der Waals surface area contributed by atoms with Crippen molar-refractivity contribution >= 4 is 11.7 Å². The largest absolute Gasteiger partial charge is 0.383 e. The van der Waals surface area contributed by atoms with Crippen LogP contribution in [0.25, 0.3) is 0 Å². The first-order valence-electron chi connectivity index (χ1n) is 8.29. The summed E-state index contributed by atoms with van der Waals surface area (Å²) in [6.07, 6.45) is 8.33. The van der Waals surface area contributed by atoms with Gasteiger partial charge >= 0.3 is 0 Å². The van der Waals surface area contributed by atoms with Crippen LogP contribution in [0.15, 0.2) is 18.3 Å². The maximum atomic E-state index is 12.0. The third-order valence-corrected chi connectivity index (χ3v) is 4.91. The fraction of sp³-hybridized carbons (Fsp3) is 0.647. The summed E-state index contributed by atoms with van der Waals surface area (Å²) < 4.78 is 4.93. The van der Waals surface area contributed by atoms with Gasteiger partial charge in [0.15, 0.2) is 0 Å². The molecule has 5 nitrogen and oxygen atoms in total. The lowest BCUT2D eigenvalue weighted by atomic mass is 9.85. The molecule has 1 aromatic rings. The van der Waals surface area contributed by atoms with E-state index in [0.29, 0.717) is 24.8 Å². The number of methoxy groups -OCH3 is 1. The number of nitrogens with zero attached hydrogens (tertiary/aromatic N) is 2. The lowest BCUT2D eigenvalue weighted by Gasteiger charge is -2.32. The standard InChI is InChI=1S/C17H25N3O2/c1-22-11-9-18-17(21)14-6-7-16(19-12-14)20-10-8-13-4-2-3-5-15(13)20/h6-7,12-13,15H,2-5,8-11H2,1H3,(H,18,21). The van der Waals surface area contributed by atoms with Crippen molar-refractivity contribution in [3.05, 3.63) is 23.9 Å². The first kappa shape index (κ1) is 15.3.